The molecule has 0 aliphatic rings. The third-order valence-corrected chi connectivity index (χ3v) is 2.60. The lowest BCUT2D eigenvalue weighted by molar-refractivity contribution is 0.574. The molecule has 1 atom stereocenters. The predicted octanol–water partition coefficient (Wildman–Crippen LogP) is 1.68. The predicted molar refractivity (Wildman–Crippen MR) is 67.2 cm³/mol. The minimum absolute atomic E-state index is 0.402. The van der Waals surface area contributed by atoms with Gasteiger partial charge in [0.2, 0.25) is 0 Å². The summed E-state index contributed by atoms with van der Waals surface area (Å²) in [4.78, 5) is 12.9. The van der Waals surface area contributed by atoms with Crippen molar-refractivity contribution in [3.05, 3.63) is 42.6 Å². The Morgan fingerprint density at radius 3 is 2.88 bits per heavy atom. The summed E-state index contributed by atoms with van der Waals surface area (Å²) in [5.41, 5.74) is 7.52. The molecule has 0 bridgehead atoms. The number of aromatic nitrogens is 3. The van der Waals surface area contributed by atoms with E-state index in [4.69, 9.17) is 5.73 Å². The third kappa shape index (κ3) is 3.07. The highest BCUT2D eigenvalue weighted by molar-refractivity contribution is 5.56. The molecule has 0 amide bonds. The third-order valence-electron chi connectivity index (χ3n) is 2.60. The average Bonchev–Trinajstić information content (AvgIpc) is 2.40. The first-order valence-corrected chi connectivity index (χ1v) is 5.72. The van der Waals surface area contributed by atoms with Gasteiger partial charge in [-0.3, -0.25) is 4.98 Å². The zero-order valence-corrected chi connectivity index (χ0v) is 9.87. The van der Waals surface area contributed by atoms with Crippen molar-refractivity contribution >= 4 is 0 Å². The zero-order valence-electron chi connectivity index (χ0n) is 9.87. The van der Waals surface area contributed by atoms with E-state index in [1.807, 2.05) is 18.2 Å². The Balaban J connectivity index is 2.23. The number of rotatable bonds is 4. The maximum absolute atomic E-state index is 5.60. The van der Waals surface area contributed by atoms with Crippen LogP contribution in [0.15, 0.2) is 36.8 Å². The minimum atomic E-state index is 0.402. The van der Waals surface area contributed by atoms with Gasteiger partial charge >= 0.3 is 0 Å². The lowest BCUT2D eigenvalue weighted by atomic mass is 10.1. The van der Waals surface area contributed by atoms with Crippen LogP contribution in [0.25, 0.3) is 11.3 Å². The summed E-state index contributed by atoms with van der Waals surface area (Å²) in [5.74, 6) is 1.24. The molecule has 0 radical (unpaired) electrons. The Labute approximate surface area is 101 Å². The summed E-state index contributed by atoms with van der Waals surface area (Å²) >= 11 is 0. The van der Waals surface area contributed by atoms with Crippen molar-refractivity contribution in [1.29, 1.82) is 0 Å². The van der Waals surface area contributed by atoms with Gasteiger partial charge in [-0.05, 0) is 30.7 Å². The van der Waals surface area contributed by atoms with Crippen molar-refractivity contribution in [3.8, 4) is 11.3 Å². The van der Waals surface area contributed by atoms with E-state index in [0.717, 1.165) is 23.5 Å². The van der Waals surface area contributed by atoms with Gasteiger partial charge in [0.25, 0.3) is 0 Å². The van der Waals surface area contributed by atoms with Crippen LogP contribution in [0.1, 0.15) is 12.7 Å². The second kappa shape index (κ2) is 5.50. The van der Waals surface area contributed by atoms with E-state index in [0.29, 0.717) is 12.5 Å². The van der Waals surface area contributed by atoms with Crippen molar-refractivity contribution in [1.82, 2.24) is 15.0 Å². The summed E-state index contributed by atoms with van der Waals surface area (Å²) in [6.07, 6.45) is 6.15. The molecule has 2 rings (SSSR count). The van der Waals surface area contributed by atoms with Gasteiger partial charge < -0.3 is 5.73 Å². The van der Waals surface area contributed by atoms with Crippen molar-refractivity contribution < 1.29 is 0 Å². The fourth-order valence-corrected chi connectivity index (χ4v) is 1.57. The highest BCUT2D eigenvalue weighted by Gasteiger charge is 2.06. The quantitative estimate of drug-likeness (QED) is 0.864. The van der Waals surface area contributed by atoms with E-state index in [9.17, 15) is 0 Å². The summed E-state index contributed by atoms with van der Waals surface area (Å²) < 4.78 is 0. The van der Waals surface area contributed by atoms with E-state index < -0.39 is 0 Å². The monoisotopic (exact) mass is 228 g/mol. The molecule has 0 spiro atoms. The maximum atomic E-state index is 5.60. The van der Waals surface area contributed by atoms with Gasteiger partial charge in [0, 0.05) is 30.6 Å². The summed E-state index contributed by atoms with van der Waals surface area (Å²) in [6, 6.07) is 5.79. The molecule has 4 heteroatoms. The molecule has 2 N–H and O–H groups in total. The lowest BCUT2D eigenvalue weighted by Crippen LogP contribution is -2.14. The van der Waals surface area contributed by atoms with Crippen LogP contribution in [0.2, 0.25) is 0 Å². The molecule has 88 valence electrons. The molecular weight excluding hydrogens is 212 g/mol. The second-order valence-corrected chi connectivity index (χ2v) is 4.14. The Morgan fingerprint density at radius 2 is 2.18 bits per heavy atom. The van der Waals surface area contributed by atoms with Crippen LogP contribution in [0, 0.1) is 5.92 Å². The molecule has 0 saturated heterocycles. The molecule has 2 aromatic heterocycles. The van der Waals surface area contributed by atoms with E-state index in [2.05, 4.69) is 21.9 Å². The molecule has 0 aliphatic heterocycles. The van der Waals surface area contributed by atoms with E-state index in [-0.39, 0.29) is 0 Å². The highest BCUT2D eigenvalue weighted by atomic mass is 14.9. The number of nitrogens with two attached hydrogens (primary N) is 1. The smallest absolute Gasteiger partial charge is 0.129 e. The first-order valence-electron chi connectivity index (χ1n) is 5.72. The molecule has 0 fully saturated rings. The fourth-order valence-electron chi connectivity index (χ4n) is 1.57. The Hall–Kier alpha value is -1.81. The summed E-state index contributed by atoms with van der Waals surface area (Å²) in [7, 11) is 0. The van der Waals surface area contributed by atoms with Gasteiger partial charge in [-0.25, -0.2) is 9.97 Å². The van der Waals surface area contributed by atoms with Crippen LogP contribution in [-0.4, -0.2) is 21.5 Å². The van der Waals surface area contributed by atoms with E-state index >= 15 is 0 Å². The zero-order chi connectivity index (χ0) is 12.1. The van der Waals surface area contributed by atoms with Gasteiger partial charge in [-0.2, -0.15) is 0 Å². The molecule has 1 unspecified atom stereocenters. The molecule has 0 aromatic carbocycles. The number of nitrogens with zero attached hydrogens (tertiary/aromatic N) is 3. The molecular formula is C13H16N4. The van der Waals surface area contributed by atoms with Crippen LogP contribution in [0.5, 0.6) is 0 Å². The first-order chi connectivity index (χ1) is 8.29. The van der Waals surface area contributed by atoms with Crippen LogP contribution in [-0.2, 0) is 6.42 Å². The SMILES string of the molecule is CC(CN)Cc1nccc(-c2cccnc2)n1. The minimum Gasteiger partial charge on any atom is -0.330 e. The van der Waals surface area contributed by atoms with Crippen molar-refractivity contribution in [3.63, 3.8) is 0 Å². The second-order valence-electron chi connectivity index (χ2n) is 4.14. The Morgan fingerprint density at radius 1 is 1.29 bits per heavy atom. The molecule has 2 aromatic rings. The molecule has 0 saturated carbocycles. The summed E-state index contributed by atoms with van der Waals surface area (Å²) in [5, 5.41) is 0. The van der Waals surface area contributed by atoms with Gasteiger partial charge in [0.15, 0.2) is 0 Å². The van der Waals surface area contributed by atoms with Crippen molar-refractivity contribution in [2.24, 2.45) is 11.7 Å². The Kier molecular flexibility index (Phi) is 3.77. The van der Waals surface area contributed by atoms with Crippen molar-refractivity contribution in [2.75, 3.05) is 6.54 Å². The molecule has 0 aliphatic carbocycles. The molecule has 4 nitrogen and oxygen atoms in total. The Bertz CT molecular complexity index is 470. The lowest BCUT2D eigenvalue weighted by Gasteiger charge is -2.07. The standard InChI is InChI=1S/C13H16N4/c1-10(8-14)7-13-16-6-4-12(17-13)11-3-2-5-15-9-11/h2-6,9-10H,7-8,14H2,1H3. The van der Waals surface area contributed by atoms with Crippen LogP contribution < -0.4 is 5.73 Å². The van der Waals surface area contributed by atoms with E-state index in [1.165, 1.54) is 0 Å². The topological polar surface area (TPSA) is 64.7 Å². The largest absolute Gasteiger partial charge is 0.330 e. The van der Waals surface area contributed by atoms with Gasteiger partial charge in [-0.15, -0.1) is 0 Å². The van der Waals surface area contributed by atoms with Crippen LogP contribution in [0.3, 0.4) is 0 Å². The fraction of sp³-hybridized carbons (Fsp3) is 0.308. The summed E-state index contributed by atoms with van der Waals surface area (Å²) in [6.45, 7) is 2.75. The highest BCUT2D eigenvalue weighted by Crippen LogP contribution is 2.15. The number of hydrogen-bond donors (Lipinski definition) is 1. The van der Waals surface area contributed by atoms with E-state index in [1.54, 1.807) is 18.6 Å². The maximum Gasteiger partial charge on any atom is 0.129 e. The average molecular weight is 228 g/mol. The van der Waals surface area contributed by atoms with Crippen LogP contribution >= 0.6 is 0 Å². The number of pyridine rings is 1. The normalized spacial score (nSPS) is 12.4. The molecule has 2 heterocycles. The first kappa shape index (κ1) is 11.7. The van der Waals surface area contributed by atoms with Crippen molar-refractivity contribution in [2.45, 2.75) is 13.3 Å². The number of hydrogen-bond acceptors (Lipinski definition) is 4. The van der Waals surface area contributed by atoms with Crippen LogP contribution in [0.4, 0.5) is 0 Å². The molecule has 17 heavy (non-hydrogen) atoms. The van der Waals surface area contributed by atoms with Gasteiger partial charge in [-0.1, -0.05) is 6.92 Å². The van der Waals surface area contributed by atoms with Gasteiger partial charge in [0.05, 0.1) is 5.69 Å². The van der Waals surface area contributed by atoms with Gasteiger partial charge in [0.1, 0.15) is 5.82 Å².